The number of benzene rings is 2. The Hall–Kier alpha value is -1.60. The molecule has 0 heterocycles. The van der Waals surface area contributed by atoms with Crippen LogP contribution in [0.4, 0.5) is 0 Å². The van der Waals surface area contributed by atoms with E-state index >= 15 is 0 Å². The summed E-state index contributed by atoms with van der Waals surface area (Å²) in [7, 11) is 0. The molecule has 0 bridgehead atoms. The average Bonchev–Trinajstić information content (AvgIpc) is 2.28. The fraction of sp³-hybridized carbons (Fsp3) is 0.200. The van der Waals surface area contributed by atoms with Crippen molar-refractivity contribution < 1.29 is 5.11 Å². The molecule has 16 heavy (non-hydrogen) atoms. The highest BCUT2D eigenvalue weighted by Gasteiger charge is 2.09. The van der Waals surface area contributed by atoms with Gasteiger partial charge in [-0.25, -0.2) is 0 Å². The number of aliphatic hydroxyl groups is 1. The van der Waals surface area contributed by atoms with Crippen LogP contribution in [0.15, 0.2) is 48.5 Å². The van der Waals surface area contributed by atoms with Crippen LogP contribution in [-0.2, 0) is 0 Å². The lowest BCUT2D eigenvalue weighted by molar-refractivity contribution is 0.220. The summed E-state index contributed by atoms with van der Waals surface area (Å²) in [4.78, 5) is 0. The van der Waals surface area contributed by atoms with Gasteiger partial charge in [0.2, 0.25) is 0 Å². The first-order valence-corrected chi connectivity index (χ1v) is 5.48. The van der Waals surface area contributed by atoms with E-state index in [0.29, 0.717) is 0 Å². The van der Waals surface area contributed by atoms with Gasteiger partial charge < -0.3 is 5.11 Å². The van der Waals surface area contributed by atoms with Crippen molar-refractivity contribution >= 4 is 0 Å². The lowest BCUT2D eigenvalue weighted by atomic mass is 9.99. The molecule has 0 spiro atoms. The second-order valence-corrected chi connectivity index (χ2v) is 4.23. The van der Waals surface area contributed by atoms with E-state index in [1.165, 1.54) is 11.1 Å². The maximum atomic E-state index is 10.2. The number of hydrogen-bond donors (Lipinski definition) is 1. The van der Waals surface area contributed by atoms with Crippen LogP contribution in [0.25, 0.3) is 0 Å². The van der Waals surface area contributed by atoms with E-state index < -0.39 is 6.10 Å². The third kappa shape index (κ3) is 2.31. The smallest absolute Gasteiger partial charge is 0.104 e. The van der Waals surface area contributed by atoms with Crippen LogP contribution in [-0.4, -0.2) is 5.11 Å². The van der Waals surface area contributed by atoms with Gasteiger partial charge in [-0.05, 0) is 25.0 Å². The Morgan fingerprint density at radius 2 is 1.25 bits per heavy atom. The standard InChI is InChI=1S/C15H16O/c1-11-5-3-7-13(9-11)15(16)14-8-4-6-12(2)10-14/h3-10,15-16H,1-2H3. The van der Waals surface area contributed by atoms with Crippen molar-refractivity contribution in [1.29, 1.82) is 0 Å². The van der Waals surface area contributed by atoms with Gasteiger partial charge in [-0.1, -0.05) is 59.7 Å². The van der Waals surface area contributed by atoms with Crippen molar-refractivity contribution in [3.8, 4) is 0 Å². The van der Waals surface area contributed by atoms with Crippen LogP contribution < -0.4 is 0 Å². The molecule has 2 aromatic carbocycles. The molecule has 82 valence electrons. The molecule has 1 heteroatoms. The Labute approximate surface area is 96.4 Å². The summed E-state index contributed by atoms with van der Waals surface area (Å²) in [6.45, 7) is 4.07. The van der Waals surface area contributed by atoms with Crippen molar-refractivity contribution in [2.75, 3.05) is 0 Å². The molecule has 0 amide bonds. The van der Waals surface area contributed by atoms with E-state index in [-0.39, 0.29) is 0 Å². The monoisotopic (exact) mass is 212 g/mol. The normalized spacial score (nSPS) is 10.8. The molecule has 0 aliphatic heterocycles. The van der Waals surface area contributed by atoms with Crippen molar-refractivity contribution in [2.45, 2.75) is 20.0 Å². The molecule has 2 rings (SSSR count). The number of aliphatic hydroxyl groups excluding tert-OH is 1. The highest BCUT2D eigenvalue weighted by atomic mass is 16.3. The molecule has 2 aromatic rings. The minimum atomic E-state index is -0.528. The van der Waals surface area contributed by atoms with Gasteiger partial charge >= 0.3 is 0 Å². The molecule has 0 fully saturated rings. The predicted octanol–water partition coefficient (Wildman–Crippen LogP) is 3.39. The molecule has 0 aromatic heterocycles. The Morgan fingerprint density at radius 3 is 1.62 bits per heavy atom. The average molecular weight is 212 g/mol. The molecule has 1 N–H and O–H groups in total. The molecule has 0 radical (unpaired) electrons. The minimum Gasteiger partial charge on any atom is -0.384 e. The second-order valence-electron chi connectivity index (χ2n) is 4.23. The van der Waals surface area contributed by atoms with Gasteiger partial charge in [-0.15, -0.1) is 0 Å². The molecule has 0 aliphatic carbocycles. The summed E-state index contributed by atoms with van der Waals surface area (Å²) < 4.78 is 0. The third-order valence-corrected chi connectivity index (χ3v) is 2.72. The van der Waals surface area contributed by atoms with E-state index in [9.17, 15) is 5.11 Å². The minimum absolute atomic E-state index is 0.528. The lowest BCUT2D eigenvalue weighted by Gasteiger charge is -2.12. The van der Waals surface area contributed by atoms with Crippen LogP contribution in [0, 0.1) is 13.8 Å². The Bertz CT molecular complexity index is 443. The summed E-state index contributed by atoms with van der Waals surface area (Å²) in [5.41, 5.74) is 4.24. The SMILES string of the molecule is Cc1cccc(C(O)c2cccc(C)c2)c1. The molecule has 0 unspecified atom stereocenters. The Morgan fingerprint density at radius 1 is 0.812 bits per heavy atom. The van der Waals surface area contributed by atoms with Crippen molar-refractivity contribution in [3.63, 3.8) is 0 Å². The molecular weight excluding hydrogens is 196 g/mol. The van der Waals surface area contributed by atoms with E-state index in [2.05, 4.69) is 0 Å². The molecule has 0 aliphatic rings. The third-order valence-electron chi connectivity index (χ3n) is 2.72. The fourth-order valence-electron chi connectivity index (χ4n) is 1.87. The highest BCUT2D eigenvalue weighted by Crippen LogP contribution is 2.22. The first-order valence-electron chi connectivity index (χ1n) is 5.48. The lowest BCUT2D eigenvalue weighted by Crippen LogP contribution is -1.99. The van der Waals surface area contributed by atoms with Gasteiger partial charge in [0, 0.05) is 0 Å². The van der Waals surface area contributed by atoms with Crippen molar-refractivity contribution in [1.82, 2.24) is 0 Å². The summed E-state index contributed by atoms with van der Waals surface area (Å²) >= 11 is 0. The first kappa shape index (κ1) is 10.9. The van der Waals surface area contributed by atoms with Gasteiger partial charge in [-0.2, -0.15) is 0 Å². The fourth-order valence-corrected chi connectivity index (χ4v) is 1.87. The van der Waals surface area contributed by atoms with Gasteiger partial charge in [0.25, 0.3) is 0 Å². The first-order chi connectivity index (χ1) is 7.66. The largest absolute Gasteiger partial charge is 0.384 e. The van der Waals surface area contributed by atoms with Crippen molar-refractivity contribution in [2.24, 2.45) is 0 Å². The topological polar surface area (TPSA) is 20.2 Å². The second kappa shape index (κ2) is 4.50. The van der Waals surface area contributed by atoms with E-state index in [0.717, 1.165) is 11.1 Å². The molecule has 0 atom stereocenters. The maximum absolute atomic E-state index is 10.2. The van der Waals surface area contributed by atoms with E-state index in [1.54, 1.807) is 0 Å². The Kier molecular flexibility index (Phi) is 3.07. The van der Waals surface area contributed by atoms with Crippen LogP contribution in [0.2, 0.25) is 0 Å². The van der Waals surface area contributed by atoms with Gasteiger partial charge in [0.15, 0.2) is 0 Å². The zero-order chi connectivity index (χ0) is 11.5. The van der Waals surface area contributed by atoms with E-state index in [4.69, 9.17) is 0 Å². The van der Waals surface area contributed by atoms with Crippen molar-refractivity contribution in [3.05, 3.63) is 70.8 Å². The summed E-state index contributed by atoms with van der Waals surface area (Å²) in [5.74, 6) is 0. The zero-order valence-corrected chi connectivity index (χ0v) is 9.64. The Balaban J connectivity index is 2.35. The highest BCUT2D eigenvalue weighted by molar-refractivity contribution is 5.33. The molecule has 0 saturated carbocycles. The van der Waals surface area contributed by atoms with Crippen LogP contribution in [0.5, 0.6) is 0 Å². The predicted molar refractivity (Wildman–Crippen MR) is 66.4 cm³/mol. The summed E-state index contributed by atoms with van der Waals surface area (Å²) in [5, 5.41) is 10.2. The number of aryl methyl sites for hydroxylation is 2. The molecular formula is C15H16O. The van der Waals surface area contributed by atoms with Gasteiger partial charge in [0.05, 0.1) is 0 Å². The zero-order valence-electron chi connectivity index (χ0n) is 9.64. The molecule has 0 saturated heterocycles. The summed E-state index contributed by atoms with van der Waals surface area (Å²) in [6.07, 6.45) is -0.528. The van der Waals surface area contributed by atoms with Gasteiger partial charge in [0.1, 0.15) is 6.10 Å². The van der Waals surface area contributed by atoms with Crippen LogP contribution in [0.3, 0.4) is 0 Å². The quantitative estimate of drug-likeness (QED) is 0.809. The van der Waals surface area contributed by atoms with Crippen LogP contribution in [0.1, 0.15) is 28.4 Å². The maximum Gasteiger partial charge on any atom is 0.104 e. The number of hydrogen-bond acceptors (Lipinski definition) is 1. The molecule has 1 nitrogen and oxygen atoms in total. The van der Waals surface area contributed by atoms with Crippen LogP contribution >= 0.6 is 0 Å². The summed E-state index contributed by atoms with van der Waals surface area (Å²) in [6, 6.07) is 16.0. The van der Waals surface area contributed by atoms with E-state index in [1.807, 2.05) is 62.4 Å². The van der Waals surface area contributed by atoms with Gasteiger partial charge in [-0.3, -0.25) is 0 Å². The number of rotatable bonds is 2.